The van der Waals surface area contributed by atoms with Crippen LogP contribution in [0.2, 0.25) is 0 Å². The Hall–Kier alpha value is -2.87. The second-order valence-electron chi connectivity index (χ2n) is 5.97. The van der Waals surface area contributed by atoms with E-state index in [0.29, 0.717) is 6.61 Å². The number of hydrogen-bond acceptors (Lipinski definition) is 2. The summed E-state index contributed by atoms with van der Waals surface area (Å²) in [5.74, 6) is 0.880. The fraction of sp³-hybridized carbons (Fsp3) is 0.174. The van der Waals surface area contributed by atoms with Crippen molar-refractivity contribution in [3.63, 3.8) is 0 Å². The maximum atomic E-state index is 5.79. The molecule has 0 heterocycles. The lowest BCUT2D eigenvalue weighted by atomic mass is 10.1. The molecular formula is C23H23NO. The van der Waals surface area contributed by atoms with Crippen LogP contribution >= 0.6 is 0 Å². The van der Waals surface area contributed by atoms with Gasteiger partial charge in [0.05, 0.1) is 0 Å². The minimum absolute atomic E-state index is 0.591. The summed E-state index contributed by atoms with van der Waals surface area (Å²) in [5, 5.41) is 0. The zero-order valence-electron chi connectivity index (χ0n) is 14.3. The third-order valence-electron chi connectivity index (χ3n) is 3.96. The lowest BCUT2D eigenvalue weighted by Crippen LogP contribution is -1.95. The van der Waals surface area contributed by atoms with Gasteiger partial charge in [0.2, 0.25) is 0 Å². The van der Waals surface area contributed by atoms with Crippen LogP contribution in [0, 0.1) is 0 Å². The van der Waals surface area contributed by atoms with E-state index >= 15 is 0 Å². The molecule has 25 heavy (non-hydrogen) atoms. The van der Waals surface area contributed by atoms with Crippen LogP contribution in [0.5, 0.6) is 5.75 Å². The van der Waals surface area contributed by atoms with E-state index < -0.39 is 0 Å². The molecule has 0 saturated heterocycles. The van der Waals surface area contributed by atoms with Crippen LogP contribution in [0.25, 0.3) is 0 Å². The lowest BCUT2D eigenvalue weighted by molar-refractivity contribution is 0.306. The van der Waals surface area contributed by atoms with Crippen LogP contribution in [0.4, 0.5) is 0 Å². The van der Waals surface area contributed by atoms with Crippen LogP contribution in [0.15, 0.2) is 89.9 Å². The van der Waals surface area contributed by atoms with Crippen LogP contribution in [-0.4, -0.2) is 12.8 Å². The summed E-state index contributed by atoms with van der Waals surface area (Å²) in [4.78, 5) is 4.51. The van der Waals surface area contributed by atoms with Gasteiger partial charge in [0.25, 0.3) is 0 Å². The van der Waals surface area contributed by atoms with E-state index in [-0.39, 0.29) is 0 Å². The van der Waals surface area contributed by atoms with Crippen molar-refractivity contribution in [1.29, 1.82) is 0 Å². The second kappa shape index (κ2) is 9.43. The molecule has 0 saturated carbocycles. The molecule has 3 aromatic rings. The highest BCUT2D eigenvalue weighted by molar-refractivity contribution is 5.79. The van der Waals surface area contributed by atoms with Crippen molar-refractivity contribution < 1.29 is 4.74 Å². The summed E-state index contributed by atoms with van der Waals surface area (Å²) in [6.45, 7) is 1.44. The van der Waals surface area contributed by atoms with Gasteiger partial charge in [0.15, 0.2) is 0 Å². The van der Waals surface area contributed by atoms with Gasteiger partial charge in [-0.2, -0.15) is 0 Å². The summed E-state index contributed by atoms with van der Waals surface area (Å²) in [6.07, 6.45) is 4.08. The Balaban J connectivity index is 1.41. The zero-order chi connectivity index (χ0) is 17.2. The van der Waals surface area contributed by atoms with Gasteiger partial charge in [-0.1, -0.05) is 60.7 Å². The molecule has 0 atom stereocenters. The first-order chi connectivity index (χ1) is 12.4. The maximum absolute atomic E-state index is 5.79. The van der Waals surface area contributed by atoms with Crippen LogP contribution in [0.3, 0.4) is 0 Å². The Kier molecular flexibility index (Phi) is 6.40. The number of aryl methyl sites for hydroxylation is 1. The second-order valence-corrected chi connectivity index (χ2v) is 5.97. The van der Waals surface area contributed by atoms with Gasteiger partial charge < -0.3 is 4.74 Å². The fourth-order valence-electron chi connectivity index (χ4n) is 2.58. The van der Waals surface area contributed by atoms with E-state index in [2.05, 4.69) is 47.5 Å². The Bertz CT molecular complexity index is 764. The molecule has 2 nitrogen and oxygen atoms in total. The Morgan fingerprint density at radius 1 is 0.720 bits per heavy atom. The summed E-state index contributed by atoms with van der Waals surface area (Å²) < 4.78 is 5.79. The first kappa shape index (κ1) is 17.0. The van der Waals surface area contributed by atoms with Crippen molar-refractivity contribution in [3.05, 3.63) is 102 Å². The van der Waals surface area contributed by atoms with Crippen LogP contribution in [0.1, 0.15) is 23.1 Å². The molecule has 0 bridgehead atoms. The molecule has 0 fully saturated rings. The van der Waals surface area contributed by atoms with Crippen molar-refractivity contribution in [2.45, 2.75) is 19.4 Å². The van der Waals surface area contributed by atoms with Gasteiger partial charge in [-0.05, 0) is 53.8 Å². The molecule has 0 N–H and O–H groups in total. The first-order valence-electron chi connectivity index (χ1n) is 8.71. The molecule has 3 aromatic carbocycles. The maximum Gasteiger partial charge on any atom is 0.119 e. The van der Waals surface area contributed by atoms with Gasteiger partial charge in [-0.3, -0.25) is 4.99 Å². The topological polar surface area (TPSA) is 21.6 Å². The molecular weight excluding hydrogens is 306 g/mol. The van der Waals surface area contributed by atoms with E-state index in [1.165, 1.54) is 11.1 Å². The molecule has 0 aromatic heterocycles. The van der Waals surface area contributed by atoms with E-state index in [9.17, 15) is 0 Å². The van der Waals surface area contributed by atoms with Crippen molar-refractivity contribution >= 4 is 6.21 Å². The standard InChI is InChI=1S/C23H23NO/c1-3-8-20(9-4-1)12-7-17-24-18-21-13-15-23(16-14-21)25-19-22-10-5-2-6-11-22/h1-6,8-11,13-16,18H,7,12,17,19H2. The van der Waals surface area contributed by atoms with E-state index in [0.717, 1.165) is 30.7 Å². The Morgan fingerprint density at radius 3 is 2.04 bits per heavy atom. The molecule has 0 aliphatic heterocycles. The quantitative estimate of drug-likeness (QED) is 0.405. The highest BCUT2D eigenvalue weighted by Crippen LogP contribution is 2.13. The van der Waals surface area contributed by atoms with Crippen LogP contribution in [-0.2, 0) is 13.0 Å². The van der Waals surface area contributed by atoms with Gasteiger partial charge in [0, 0.05) is 12.8 Å². The Labute approximate surface area is 149 Å². The zero-order valence-corrected chi connectivity index (χ0v) is 14.3. The largest absolute Gasteiger partial charge is 0.489 e. The van der Waals surface area contributed by atoms with Crippen LogP contribution < -0.4 is 4.74 Å². The third-order valence-corrected chi connectivity index (χ3v) is 3.96. The smallest absolute Gasteiger partial charge is 0.119 e. The van der Waals surface area contributed by atoms with Crippen molar-refractivity contribution in [2.24, 2.45) is 4.99 Å². The number of nitrogens with zero attached hydrogens (tertiary/aromatic N) is 1. The highest BCUT2D eigenvalue weighted by atomic mass is 16.5. The fourth-order valence-corrected chi connectivity index (χ4v) is 2.58. The van der Waals surface area contributed by atoms with E-state index in [4.69, 9.17) is 4.74 Å². The summed E-state index contributed by atoms with van der Waals surface area (Å²) in [6, 6.07) is 28.8. The number of ether oxygens (including phenoxy) is 1. The molecule has 0 radical (unpaired) electrons. The first-order valence-corrected chi connectivity index (χ1v) is 8.71. The highest BCUT2D eigenvalue weighted by Gasteiger charge is 1.96. The molecule has 2 heteroatoms. The molecule has 0 aliphatic carbocycles. The minimum atomic E-state index is 0.591. The molecule has 0 aliphatic rings. The molecule has 126 valence electrons. The average molecular weight is 329 g/mol. The van der Waals surface area contributed by atoms with Crippen molar-refractivity contribution in [3.8, 4) is 5.75 Å². The van der Waals surface area contributed by atoms with Gasteiger partial charge in [0.1, 0.15) is 12.4 Å². The predicted octanol–water partition coefficient (Wildman–Crippen LogP) is 5.32. The van der Waals surface area contributed by atoms with Crippen molar-refractivity contribution in [2.75, 3.05) is 6.54 Å². The Morgan fingerprint density at radius 2 is 1.36 bits per heavy atom. The number of aliphatic imine (C=N–C) groups is 1. The normalized spacial score (nSPS) is 10.9. The SMILES string of the molecule is C(=NCCCc1ccccc1)c1ccc(OCc2ccccc2)cc1. The summed E-state index contributed by atoms with van der Waals surface area (Å²) in [7, 11) is 0. The molecule has 0 spiro atoms. The minimum Gasteiger partial charge on any atom is -0.489 e. The van der Waals surface area contributed by atoms with E-state index in [1.54, 1.807) is 0 Å². The lowest BCUT2D eigenvalue weighted by Gasteiger charge is -2.06. The molecule has 3 rings (SSSR count). The van der Waals surface area contributed by atoms with Gasteiger partial charge in [-0.25, -0.2) is 0 Å². The van der Waals surface area contributed by atoms with Gasteiger partial charge in [-0.15, -0.1) is 0 Å². The third kappa shape index (κ3) is 5.92. The number of benzene rings is 3. The average Bonchev–Trinajstić information content (AvgIpc) is 2.69. The van der Waals surface area contributed by atoms with Gasteiger partial charge >= 0.3 is 0 Å². The summed E-state index contributed by atoms with van der Waals surface area (Å²) >= 11 is 0. The molecule has 0 unspecified atom stereocenters. The van der Waals surface area contributed by atoms with Crippen molar-refractivity contribution in [1.82, 2.24) is 0 Å². The predicted molar refractivity (Wildman–Crippen MR) is 104 cm³/mol. The number of rotatable bonds is 8. The monoisotopic (exact) mass is 329 g/mol. The number of hydrogen-bond donors (Lipinski definition) is 0. The molecule has 0 amide bonds. The summed E-state index contributed by atoms with van der Waals surface area (Å²) in [5.41, 5.74) is 3.65. The van der Waals surface area contributed by atoms with E-state index in [1.807, 2.05) is 48.7 Å².